The molecule has 0 bridgehead atoms. The summed E-state index contributed by atoms with van der Waals surface area (Å²) in [6.07, 6.45) is 0. The Morgan fingerprint density at radius 2 is 2.21 bits per heavy atom. The Hall–Kier alpha value is -1.86. The highest BCUT2D eigenvalue weighted by atomic mass is 79.9. The van der Waals surface area contributed by atoms with Crippen LogP contribution in [0.2, 0.25) is 0 Å². The summed E-state index contributed by atoms with van der Waals surface area (Å²) in [4.78, 5) is 11.2. The monoisotopic (exact) mass is 328 g/mol. The molecule has 1 amide bonds. The quantitative estimate of drug-likeness (QED) is 0.513. The third-order valence-corrected chi connectivity index (χ3v) is 2.69. The summed E-state index contributed by atoms with van der Waals surface area (Å²) in [7, 11) is 0. The molecule has 3 N–H and O–H groups in total. The molecule has 0 aliphatic rings. The van der Waals surface area contributed by atoms with E-state index in [2.05, 4.69) is 15.9 Å². The van der Waals surface area contributed by atoms with E-state index in [9.17, 15) is 9.18 Å². The van der Waals surface area contributed by atoms with Crippen molar-refractivity contribution in [1.29, 1.82) is 0 Å². The minimum atomic E-state index is -0.528. The lowest BCUT2D eigenvalue weighted by molar-refractivity contribution is 0.0922. The Morgan fingerprint density at radius 3 is 2.89 bits per heavy atom. The average Bonchev–Trinajstić information content (AvgIpc) is 2.83. The molecule has 19 heavy (non-hydrogen) atoms. The molecule has 0 saturated carbocycles. The number of amides is 1. The van der Waals surface area contributed by atoms with Crippen LogP contribution in [-0.4, -0.2) is 5.91 Å². The maximum absolute atomic E-state index is 13.1. The number of hydrogen-bond donors (Lipinski definition) is 2. The lowest BCUT2D eigenvalue weighted by atomic mass is 10.3. The number of carbonyl (C=O) groups excluding carboxylic acids is 1. The van der Waals surface area contributed by atoms with Gasteiger partial charge in [0.05, 0.1) is 0 Å². The van der Waals surface area contributed by atoms with Gasteiger partial charge in [0.25, 0.3) is 0 Å². The van der Waals surface area contributed by atoms with Gasteiger partial charge in [-0.25, -0.2) is 10.2 Å². The fraction of sp³-hybridized carbons (Fsp3) is 0.0833. The molecule has 7 heteroatoms. The SMILES string of the molecule is NNC(=O)c1ccc(COc2cc(F)cc(Br)c2)o1. The van der Waals surface area contributed by atoms with Crippen molar-refractivity contribution < 1.29 is 18.3 Å². The van der Waals surface area contributed by atoms with E-state index in [1.807, 2.05) is 5.43 Å². The highest BCUT2D eigenvalue weighted by Gasteiger charge is 2.10. The van der Waals surface area contributed by atoms with Crippen LogP contribution in [0.15, 0.2) is 39.2 Å². The summed E-state index contributed by atoms with van der Waals surface area (Å²) in [5.41, 5.74) is 1.95. The first-order chi connectivity index (χ1) is 9.08. The van der Waals surface area contributed by atoms with Crippen LogP contribution < -0.4 is 16.0 Å². The molecule has 0 unspecified atom stereocenters. The molecule has 0 atom stereocenters. The zero-order valence-corrected chi connectivity index (χ0v) is 11.2. The number of carbonyl (C=O) groups is 1. The van der Waals surface area contributed by atoms with E-state index in [1.165, 1.54) is 18.2 Å². The normalized spacial score (nSPS) is 10.3. The molecule has 1 aromatic carbocycles. The van der Waals surface area contributed by atoms with Gasteiger partial charge in [0, 0.05) is 10.5 Å². The Bertz CT molecular complexity index is 580. The van der Waals surface area contributed by atoms with Crippen LogP contribution in [0.4, 0.5) is 4.39 Å². The van der Waals surface area contributed by atoms with Gasteiger partial charge >= 0.3 is 5.91 Å². The largest absolute Gasteiger partial charge is 0.486 e. The standard InChI is InChI=1S/C12H10BrFN2O3/c13-7-3-8(14)5-10(4-7)18-6-9-1-2-11(19-9)12(17)16-15/h1-5H,6,15H2,(H,16,17). The molecule has 0 saturated heterocycles. The second kappa shape index (κ2) is 5.85. The number of rotatable bonds is 4. The van der Waals surface area contributed by atoms with Crippen molar-refractivity contribution in [3.05, 3.63) is 52.1 Å². The van der Waals surface area contributed by atoms with Gasteiger partial charge in [0.2, 0.25) is 0 Å². The molecule has 1 heterocycles. The highest BCUT2D eigenvalue weighted by molar-refractivity contribution is 9.10. The number of benzene rings is 1. The van der Waals surface area contributed by atoms with Crippen molar-refractivity contribution in [2.24, 2.45) is 5.84 Å². The van der Waals surface area contributed by atoms with E-state index < -0.39 is 11.7 Å². The molecule has 0 spiro atoms. The predicted octanol–water partition coefficient (Wildman–Crippen LogP) is 2.36. The first kappa shape index (κ1) is 13.6. The molecule has 2 rings (SSSR count). The van der Waals surface area contributed by atoms with Crippen LogP contribution >= 0.6 is 15.9 Å². The molecule has 1 aromatic heterocycles. The van der Waals surface area contributed by atoms with Crippen molar-refractivity contribution in [3.8, 4) is 5.75 Å². The first-order valence-corrected chi connectivity index (χ1v) is 6.06. The molecule has 0 aliphatic heterocycles. The van der Waals surface area contributed by atoms with Gasteiger partial charge in [-0.15, -0.1) is 0 Å². The lowest BCUT2D eigenvalue weighted by Gasteiger charge is -2.05. The molecular weight excluding hydrogens is 319 g/mol. The lowest BCUT2D eigenvalue weighted by Crippen LogP contribution is -2.29. The van der Waals surface area contributed by atoms with E-state index in [1.54, 1.807) is 12.1 Å². The summed E-state index contributed by atoms with van der Waals surface area (Å²) < 4.78 is 24.2. The summed E-state index contributed by atoms with van der Waals surface area (Å²) in [5.74, 6) is 4.90. The van der Waals surface area contributed by atoms with E-state index in [0.29, 0.717) is 16.0 Å². The number of ether oxygens (including phenoxy) is 1. The van der Waals surface area contributed by atoms with Gasteiger partial charge in [-0.1, -0.05) is 15.9 Å². The Morgan fingerprint density at radius 1 is 1.42 bits per heavy atom. The Kier molecular flexibility index (Phi) is 4.18. The molecule has 2 aromatic rings. The number of nitrogens with one attached hydrogen (secondary N) is 1. The maximum atomic E-state index is 13.1. The predicted molar refractivity (Wildman–Crippen MR) is 68.8 cm³/mol. The number of hydrazine groups is 1. The van der Waals surface area contributed by atoms with Gasteiger partial charge in [0.15, 0.2) is 5.76 Å². The third kappa shape index (κ3) is 3.55. The average molecular weight is 329 g/mol. The first-order valence-electron chi connectivity index (χ1n) is 5.27. The van der Waals surface area contributed by atoms with Crippen molar-refractivity contribution in [1.82, 2.24) is 5.43 Å². The topological polar surface area (TPSA) is 77.5 Å². The van der Waals surface area contributed by atoms with Crippen LogP contribution in [0.25, 0.3) is 0 Å². The summed E-state index contributed by atoms with van der Waals surface area (Å²) in [6.45, 7) is 0.0771. The van der Waals surface area contributed by atoms with Crippen molar-refractivity contribution in [3.63, 3.8) is 0 Å². The molecule has 0 aliphatic carbocycles. The highest BCUT2D eigenvalue weighted by Crippen LogP contribution is 2.21. The molecule has 100 valence electrons. The number of hydrogen-bond acceptors (Lipinski definition) is 4. The Labute approximate surface area is 116 Å². The van der Waals surface area contributed by atoms with Crippen LogP contribution in [0.3, 0.4) is 0 Å². The summed E-state index contributed by atoms with van der Waals surface area (Å²) in [5, 5.41) is 0. The molecule has 0 fully saturated rings. The fourth-order valence-electron chi connectivity index (χ4n) is 1.41. The van der Waals surface area contributed by atoms with E-state index in [4.69, 9.17) is 15.0 Å². The second-order valence-electron chi connectivity index (χ2n) is 3.63. The van der Waals surface area contributed by atoms with E-state index >= 15 is 0 Å². The molecule has 5 nitrogen and oxygen atoms in total. The smallest absolute Gasteiger partial charge is 0.300 e. The zero-order valence-electron chi connectivity index (χ0n) is 9.65. The van der Waals surface area contributed by atoms with Crippen LogP contribution in [0, 0.1) is 5.82 Å². The van der Waals surface area contributed by atoms with Crippen LogP contribution in [0.5, 0.6) is 5.75 Å². The van der Waals surface area contributed by atoms with Crippen LogP contribution in [-0.2, 0) is 6.61 Å². The zero-order chi connectivity index (χ0) is 13.8. The van der Waals surface area contributed by atoms with Crippen molar-refractivity contribution >= 4 is 21.8 Å². The van der Waals surface area contributed by atoms with Gasteiger partial charge < -0.3 is 9.15 Å². The summed E-state index contributed by atoms with van der Waals surface area (Å²) >= 11 is 3.16. The Balaban J connectivity index is 2.02. The minimum Gasteiger partial charge on any atom is -0.486 e. The number of nitrogen functional groups attached to an aromatic ring is 1. The minimum absolute atomic E-state index is 0.0771. The van der Waals surface area contributed by atoms with Gasteiger partial charge in [-0.05, 0) is 24.3 Å². The third-order valence-electron chi connectivity index (χ3n) is 2.23. The van der Waals surface area contributed by atoms with E-state index in [0.717, 1.165) is 0 Å². The number of halogens is 2. The van der Waals surface area contributed by atoms with Crippen LogP contribution in [0.1, 0.15) is 16.3 Å². The van der Waals surface area contributed by atoms with Crippen molar-refractivity contribution in [2.45, 2.75) is 6.61 Å². The molecular formula is C12H10BrFN2O3. The van der Waals surface area contributed by atoms with Gasteiger partial charge in [-0.3, -0.25) is 10.2 Å². The summed E-state index contributed by atoms with van der Waals surface area (Å²) in [6, 6.07) is 7.26. The van der Waals surface area contributed by atoms with Gasteiger partial charge in [-0.2, -0.15) is 0 Å². The second-order valence-corrected chi connectivity index (χ2v) is 4.55. The van der Waals surface area contributed by atoms with E-state index in [-0.39, 0.29) is 12.4 Å². The van der Waals surface area contributed by atoms with Gasteiger partial charge in [0.1, 0.15) is 23.9 Å². The molecule has 0 radical (unpaired) electrons. The fourth-order valence-corrected chi connectivity index (χ4v) is 1.86. The number of nitrogens with two attached hydrogens (primary N) is 1. The number of furan rings is 1. The maximum Gasteiger partial charge on any atom is 0.300 e. The van der Waals surface area contributed by atoms with Crippen molar-refractivity contribution in [2.75, 3.05) is 0 Å².